The second-order valence-electron chi connectivity index (χ2n) is 3.28. The predicted octanol–water partition coefficient (Wildman–Crippen LogP) is 2.84. The summed E-state index contributed by atoms with van der Waals surface area (Å²) in [5, 5.41) is 1.23. The van der Waals surface area contributed by atoms with E-state index in [-0.39, 0.29) is 0 Å². The first-order chi connectivity index (χ1) is 6.42. The third-order valence-electron chi connectivity index (χ3n) is 2.28. The first-order valence-electron chi connectivity index (χ1n) is 4.81. The minimum atomic E-state index is 1.08. The van der Waals surface area contributed by atoms with E-state index in [0.29, 0.717) is 0 Å². The smallest absolute Gasteiger partial charge is 0.139 e. The molecule has 13 heavy (non-hydrogen) atoms. The summed E-state index contributed by atoms with van der Waals surface area (Å²) in [5.74, 6) is 0. The minimum absolute atomic E-state index is 1.08. The summed E-state index contributed by atoms with van der Waals surface area (Å²) in [6, 6.07) is 6.20. The first kappa shape index (κ1) is 8.30. The summed E-state index contributed by atoms with van der Waals surface area (Å²) in [4.78, 5) is 4.36. The normalized spacial score (nSPS) is 10.8. The lowest BCUT2D eigenvalue weighted by molar-refractivity contribution is 0.646. The van der Waals surface area contributed by atoms with Crippen molar-refractivity contribution in [2.24, 2.45) is 0 Å². The summed E-state index contributed by atoms with van der Waals surface area (Å²) in [6.45, 7) is 3.29. The maximum atomic E-state index is 4.36. The summed E-state index contributed by atoms with van der Waals surface area (Å²) in [7, 11) is 0. The fourth-order valence-electron chi connectivity index (χ4n) is 1.53. The molecule has 2 rings (SSSR count). The number of nitrogens with zero attached hydrogens (tertiary/aromatic N) is 2. The molecule has 0 amide bonds. The lowest BCUT2D eigenvalue weighted by Crippen LogP contribution is -1.96. The maximum Gasteiger partial charge on any atom is 0.139 e. The Kier molecular flexibility index (Phi) is 2.30. The van der Waals surface area contributed by atoms with Gasteiger partial charge in [0.1, 0.15) is 5.65 Å². The monoisotopic (exact) mass is 174 g/mol. The van der Waals surface area contributed by atoms with Gasteiger partial charge in [0.05, 0.1) is 0 Å². The fraction of sp³-hybridized carbons (Fsp3) is 0.364. The Labute approximate surface area is 78.2 Å². The van der Waals surface area contributed by atoms with Crippen LogP contribution in [0.2, 0.25) is 0 Å². The molecule has 0 spiro atoms. The number of fused-ring (bicyclic) bond motifs is 1. The number of unbranched alkanes of at least 4 members (excludes halogenated alkanes) is 1. The summed E-state index contributed by atoms with van der Waals surface area (Å²) < 4.78 is 2.22. The molecule has 0 saturated carbocycles. The molecule has 0 atom stereocenters. The summed E-state index contributed by atoms with van der Waals surface area (Å²) in [5.41, 5.74) is 1.11. The molecule has 0 fully saturated rings. The van der Waals surface area contributed by atoms with E-state index in [1.54, 1.807) is 0 Å². The molecule has 2 aromatic rings. The van der Waals surface area contributed by atoms with Crippen LogP contribution >= 0.6 is 0 Å². The van der Waals surface area contributed by atoms with Crippen molar-refractivity contribution in [1.82, 2.24) is 9.55 Å². The van der Waals surface area contributed by atoms with Crippen LogP contribution in [0.5, 0.6) is 0 Å². The zero-order valence-electron chi connectivity index (χ0n) is 7.90. The van der Waals surface area contributed by atoms with E-state index in [9.17, 15) is 0 Å². The molecule has 0 aliphatic heterocycles. The second kappa shape index (κ2) is 3.60. The number of hydrogen-bond donors (Lipinski definition) is 0. The molecule has 2 heteroatoms. The molecule has 0 unspecified atom stereocenters. The molecule has 0 bridgehead atoms. The van der Waals surface area contributed by atoms with Crippen molar-refractivity contribution in [3.63, 3.8) is 0 Å². The highest BCUT2D eigenvalue weighted by Crippen LogP contribution is 2.12. The van der Waals surface area contributed by atoms with Gasteiger partial charge in [-0.3, -0.25) is 0 Å². The van der Waals surface area contributed by atoms with E-state index >= 15 is 0 Å². The maximum absolute atomic E-state index is 4.36. The lowest BCUT2D eigenvalue weighted by Gasteiger charge is -2.01. The highest BCUT2D eigenvalue weighted by atomic mass is 15.0. The zero-order valence-corrected chi connectivity index (χ0v) is 7.90. The van der Waals surface area contributed by atoms with Crippen molar-refractivity contribution < 1.29 is 0 Å². The van der Waals surface area contributed by atoms with Gasteiger partial charge in [-0.2, -0.15) is 0 Å². The molecule has 0 aliphatic rings. The van der Waals surface area contributed by atoms with Gasteiger partial charge in [0, 0.05) is 24.3 Å². The molecule has 0 radical (unpaired) electrons. The van der Waals surface area contributed by atoms with Gasteiger partial charge in [-0.25, -0.2) is 4.98 Å². The highest BCUT2D eigenvalue weighted by molar-refractivity contribution is 5.75. The molecule has 2 aromatic heterocycles. The van der Waals surface area contributed by atoms with Gasteiger partial charge in [-0.15, -0.1) is 0 Å². The molecular formula is C11H14N2. The number of pyridine rings is 1. The first-order valence-corrected chi connectivity index (χ1v) is 4.81. The fourth-order valence-corrected chi connectivity index (χ4v) is 1.53. The van der Waals surface area contributed by atoms with Crippen LogP contribution in [-0.4, -0.2) is 9.55 Å². The van der Waals surface area contributed by atoms with Gasteiger partial charge in [0.25, 0.3) is 0 Å². The topological polar surface area (TPSA) is 17.8 Å². The van der Waals surface area contributed by atoms with E-state index in [4.69, 9.17) is 0 Å². The number of hydrogen-bond acceptors (Lipinski definition) is 1. The van der Waals surface area contributed by atoms with E-state index < -0.39 is 0 Å². The quantitative estimate of drug-likeness (QED) is 0.699. The number of aromatic nitrogens is 2. The van der Waals surface area contributed by atoms with Gasteiger partial charge in [-0.1, -0.05) is 13.3 Å². The molecule has 0 N–H and O–H groups in total. The Bertz CT molecular complexity index is 390. The summed E-state index contributed by atoms with van der Waals surface area (Å²) >= 11 is 0. The Morgan fingerprint density at radius 2 is 2.31 bits per heavy atom. The van der Waals surface area contributed by atoms with Crippen molar-refractivity contribution in [2.75, 3.05) is 0 Å². The van der Waals surface area contributed by atoms with E-state index in [2.05, 4.69) is 34.8 Å². The summed E-state index contributed by atoms with van der Waals surface area (Å²) in [6.07, 6.45) is 6.42. The van der Waals surface area contributed by atoms with Crippen LogP contribution in [0.25, 0.3) is 11.0 Å². The van der Waals surface area contributed by atoms with Crippen LogP contribution in [0.3, 0.4) is 0 Å². The standard InChI is InChI=1S/C11H14N2/c1-2-3-8-13-9-6-10-5-4-7-12-11(10)13/h4-7,9H,2-3,8H2,1H3. The van der Waals surface area contributed by atoms with Crippen LogP contribution in [-0.2, 0) is 6.54 Å². The van der Waals surface area contributed by atoms with Gasteiger partial charge in [-0.05, 0) is 24.6 Å². The van der Waals surface area contributed by atoms with E-state index in [0.717, 1.165) is 12.2 Å². The number of rotatable bonds is 3. The Hall–Kier alpha value is -1.31. The van der Waals surface area contributed by atoms with Crippen molar-refractivity contribution in [2.45, 2.75) is 26.3 Å². The van der Waals surface area contributed by atoms with Crippen LogP contribution in [0.4, 0.5) is 0 Å². The Morgan fingerprint density at radius 1 is 1.38 bits per heavy atom. The molecule has 0 aliphatic carbocycles. The molecule has 68 valence electrons. The third-order valence-corrected chi connectivity index (χ3v) is 2.28. The number of aryl methyl sites for hydroxylation is 1. The molecule has 0 aromatic carbocycles. The van der Waals surface area contributed by atoms with Gasteiger partial charge >= 0.3 is 0 Å². The predicted molar refractivity (Wildman–Crippen MR) is 54.6 cm³/mol. The van der Waals surface area contributed by atoms with Crippen molar-refractivity contribution >= 4 is 11.0 Å². The zero-order chi connectivity index (χ0) is 9.10. The largest absolute Gasteiger partial charge is 0.333 e. The van der Waals surface area contributed by atoms with Crippen molar-refractivity contribution in [1.29, 1.82) is 0 Å². The van der Waals surface area contributed by atoms with E-state index in [1.165, 1.54) is 18.2 Å². The van der Waals surface area contributed by atoms with E-state index in [1.807, 2.05) is 12.3 Å². The lowest BCUT2D eigenvalue weighted by atomic mass is 10.3. The minimum Gasteiger partial charge on any atom is -0.333 e. The van der Waals surface area contributed by atoms with Crippen molar-refractivity contribution in [3.05, 3.63) is 30.6 Å². The molecule has 0 saturated heterocycles. The van der Waals surface area contributed by atoms with Crippen molar-refractivity contribution in [3.8, 4) is 0 Å². The molecule has 2 nitrogen and oxygen atoms in total. The Morgan fingerprint density at radius 3 is 3.15 bits per heavy atom. The third kappa shape index (κ3) is 1.57. The van der Waals surface area contributed by atoms with Crippen LogP contribution in [0.1, 0.15) is 19.8 Å². The molecular weight excluding hydrogens is 160 g/mol. The SMILES string of the molecule is CCCCn1ccc2cccnc21. The van der Waals surface area contributed by atoms with Gasteiger partial charge < -0.3 is 4.57 Å². The Balaban J connectivity index is 2.35. The van der Waals surface area contributed by atoms with Crippen LogP contribution < -0.4 is 0 Å². The van der Waals surface area contributed by atoms with Gasteiger partial charge in [0.2, 0.25) is 0 Å². The van der Waals surface area contributed by atoms with Crippen LogP contribution in [0, 0.1) is 0 Å². The highest BCUT2D eigenvalue weighted by Gasteiger charge is 1.99. The van der Waals surface area contributed by atoms with Gasteiger partial charge in [0.15, 0.2) is 0 Å². The molecule has 2 heterocycles. The average Bonchev–Trinajstić information content (AvgIpc) is 2.58. The second-order valence-corrected chi connectivity index (χ2v) is 3.28. The van der Waals surface area contributed by atoms with Crippen LogP contribution in [0.15, 0.2) is 30.6 Å². The average molecular weight is 174 g/mol.